The number of amides is 1. The van der Waals surface area contributed by atoms with Gasteiger partial charge in [0.05, 0.1) is 6.61 Å². The van der Waals surface area contributed by atoms with Gasteiger partial charge in [-0.05, 0) is 87.7 Å². The average Bonchev–Trinajstić information content (AvgIpc) is 2.86. The zero-order chi connectivity index (χ0) is 25.3. The molecular weight excluding hydrogens is 454 g/mol. The Kier molecular flexibility index (Phi) is 8.73. The van der Waals surface area contributed by atoms with E-state index in [1.807, 2.05) is 56.3 Å². The number of carbonyl (C=O) groups is 1. The lowest BCUT2D eigenvalue weighted by molar-refractivity contribution is 0.205. The van der Waals surface area contributed by atoms with Crippen LogP contribution < -0.4 is 19.7 Å². The van der Waals surface area contributed by atoms with E-state index in [1.165, 1.54) is 37.3 Å². The topological polar surface area (TPSA) is 79.8 Å². The lowest BCUT2D eigenvalue weighted by atomic mass is 10.1. The zero-order valence-corrected chi connectivity index (χ0v) is 21.4. The monoisotopic (exact) mass is 489 g/mol. The van der Waals surface area contributed by atoms with E-state index in [-0.39, 0.29) is 0 Å². The predicted octanol–water partition coefficient (Wildman–Crippen LogP) is 5.73. The number of nitrogens with one attached hydrogen (secondary N) is 1. The number of aryl methyl sites for hydroxylation is 2. The van der Waals surface area contributed by atoms with Gasteiger partial charge in [0.2, 0.25) is 5.95 Å². The van der Waals surface area contributed by atoms with Gasteiger partial charge in [-0.25, -0.2) is 9.78 Å². The predicted molar refractivity (Wildman–Crippen MR) is 143 cm³/mol. The number of likely N-dealkylation sites (tertiary alicyclic amines) is 1. The first-order valence-electron chi connectivity index (χ1n) is 12.6. The summed E-state index contributed by atoms with van der Waals surface area (Å²) in [5, 5.41) is 3.20. The normalized spacial score (nSPS) is 13.8. The number of ether oxygens (including phenoxy) is 2. The van der Waals surface area contributed by atoms with Gasteiger partial charge in [0.1, 0.15) is 17.3 Å². The molecule has 1 aromatic heterocycles. The van der Waals surface area contributed by atoms with Crippen molar-refractivity contribution in [3.63, 3.8) is 0 Å². The van der Waals surface area contributed by atoms with Crippen LogP contribution in [0.4, 0.5) is 22.2 Å². The molecule has 1 aliphatic rings. The van der Waals surface area contributed by atoms with Crippen LogP contribution in [0.5, 0.6) is 11.5 Å². The maximum absolute atomic E-state index is 12.7. The summed E-state index contributed by atoms with van der Waals surface area (Å²) < 4.78 is 11.5. The van der Waals surface area contributed by atoms with Crippen LogP contribution in [-0.2, 0) is 0 Å². The van der Waals surface area contributed by atoms with Crippen LogP contribution in [0, 0.1) is 13.8 Å². The third kappa shape index (κ3) is 7.42. The molecule has 0 spiro atoms. The second-order valence-electron chi connectivity index (χ2n) is 9.25. The van der Waals surface area contributed by atoms with Gasteiger partial charge in [0.25, 0.3) is 0 Å². The molecule has 0 unspecified atom stereocenters. The largest absolute Gasteiger partial charge is 0.493 e. The summed E-state index contributed by atoms with van der Waals surface area (Å²) in [6.45, 7) is 8.10. The fraction of sp³-hybridized carbons (Fsp3) is 0.393. The molecule has 36 heavy (non-hydrogen) atoms. The smallest absolute Gasteiger partial charge is 0.420 e. The number of benzene rings is 2. The van der Waals surface area contributed by atoms with Gasteiger partial charge in [0.15, 0.2) is 0 Å². The van der Waals surface area contributed by atoms with E-state index >= 15 is 0 Å². The van der Waals surface area contributed by atoms with Crippen molar-refractivity contribution in [3.05, 3.63) is 65.9 Å². The van der Waals surface area contributed by atoms with Crippen LogP contribution >= 0.6 is 0 Å². The van der Waals surface area contributed by atoms with Crippen molar-refractivity contribution >= 4 is 23.5 Å². The molecule has 1 N–H and O–H groups in total. The number of rotatable bonds is 9. The highest BCUT2D eigenvalue weighted by Crippen LogP contribution is 2.22. The molecule has 8 heteroatoms. The molecule has 1 aliphatic heterocycles. The highest BCUT2D eigenvalue weighted by atomic mass is 16.6. The number of anilines is 3. The van der Waals surface area contributed by atoms with Crippen molar-refractivity contribution in [2.45, 2.75) is 39.5 Å². The van der Waals surface area contributed by atoms with Crippen molar-refractivity contribution in [3.8, 4) is 11.5 Å². The van der Waals surface area contributed by atoms with Crippen LogP contribution in [0.3, 0.4) is 0 Å². The third-order valence-electron chi connectivity index (χ3n) is 6.09. The second kappa shape index (κ2) is 12.4. The Morgan fingerprint density at radius 3 is 2.58 bits per heavy atom. The van der Waals surface area contributed by atoms with Crippen molar-refractivity contribution in [1.82, 2.24) is 14.9 Å². The lowest BCUT2D eigenvalue weighted by Gasteiger charge is -2.26. The maximum atomic E-state index is 12.7. The quantitative estimate of drug-likeness (QED) is 0.385. The van der Waals surface area contributed by atoms with E-state index in [9.17, 15) is 4.79 Å². The first-order chi connectivity index (χ1) is 17.5. The number of hydrogen-bond acceptors (Lipinski definition) is 7. The van der Waals surface area contributed by atoms with Crippen molar-refractivity contribution in [2.24, 2.45) is 0 Å². The molecule has 2 heterocycles. The third-order valence-corrected chi connectivity index (χ3v) is 6.09. The van der Waals surface area contributed by atoms with Crippen LogP contribution in [-0.4, -0.2) is 54.2 Å². The van der Waals surface area contributed by atoms with E-state index in [0.29, 0.717) is 24.1 Å². The Hall–Kier alpha value is -3.65. The van der Waals surface area contributed by atoms with Gasteiger partial charge in [-0.3, -0.25) is 4.90 Å². The fourth-order valence-electron chi connectivity index (χ4n) is 4.30. The molecule has 1 amide bonds. The van der Waals surface area contributed by atoms with E-state index < -0.39 is 6.09 Å². The standard InChI is InChI=1S/C28H35N5O3/c1-21-17-22(2)19-25(18-21)36-28(34)32(3)26-11-12-29-27(31-26)30-23-9-7-10-24(20-23)35-16-8-15-33-13-5-4-6-14-33/h7,9-12,17-20H,4-6,8,13-16H2,1-3H3,(H,29,30,31). The molecule has 3 aromatic rings. The number of aromatic nitrogens is 2. The summed E-state index contributed by atoms with van der Waals surface area (Å²) >= 11 is 0. The molecule has 0 aliphatic carbocycles. The summed E-state index contributed by atoms with van der Waals surface area (Å²) in [6.07, 6.45) is 6.05. The summed E-state index contributed by atoms with van der Waals surface area (Å²) in [6, 6.07) is 15.1. The van der Waals surface area contributed by atoms with Crippen molar-refractivity contribution in [1.29, 1.82) is 0 Å². The Morgan fingerprint density at radius 1 is 1.03 bits per heavy atom. The van der Waals surface area contributed by atoms with E-state index in [4.69, 9.17) is 9.47 Å². The highest BCUT2D eigenvalue weighted by molar-refractivity contribution is 5.87. The molecule has 8 nitrogen and oxygen atoms in total. The lowest BCUT2D eigenvalue weighted by Crippen LogP contribution is -2.31. The van der Waals surface area contributed by atoms with E-state index in [1.54, 1.807) is 19.3 Å². The van der Waals surface area contributed by atoms with Crippen LogP contribution in [0.15, 0.2) is 54.7 Å². The summed E-state index contributed by atoms with van der Waals surface area (Å²) in [4.78, 5) is 25.3. The number of hydrogen-bond donors (Lipinski definition) is 1. The molecule has 0 atom stereocenters. The highest BCUT2D eigenvalue weighted by Gasteiger charge is 2.16. The minimum atomic E-state index is -0.524. The minimum absolute atomic E-state index is 0.376. The zero-order valence-electron chi connectivity index (χ0n) is 21.4. The first kappa shape index (κ1) is 25.4. The van der Waals surface area contributed by atoms with Gasteiger partial charge in [-0.1, -0.05) is 18.6 Å². The Balaban J connectivity index is 1.32. The summed E-state index contributed by atoms with van der Waals surface area (Å²) in [5.41, 5.74) is 2.87. The molecule has 190 valence electrons. The molecular formula is C28H35N5O3. The van der Waals surface area contributed by atoms with Gasteiger partial charge in [-0.15, -0.1) is 0 Å². The van der Waals surface area contributed by atoms with Crippen LogP contribution in [0.25, 0.3) is 0 Å². The number of piperidine rings is 1. The van der Waals surface area contributed by atoms with Gasteiger partial charge >= 0.3 is 6.09 Å². The van der Waals surface area contributed by atoms with Crippen molar-refractivity contribution in [2.75, 3.05) is 43.5 Å². The SMILES string of the molecule is Cc1cc(C)cc(OC(=O)N(C)c2ccnc(Nc3cccc(OCCCN4CCCCC4)c3)n2)c1. The molecule has 4 rings (SSSR count). The summed E-state index contributed by atoms with van der Waals surface area (Å²) in [7, 11) is 1.62. The van der Waals surface area contributed by atoms with E-state index in [0.717, 1.165) is 35.5 Å². The van der Waals surface area contributed by atoms with E-state index in [2.05, 4.69) is 20.2 Å². The molecule has 2 aromatic carbocycles. The number of nitrogens with zero attached hydrogens (tertiary/aromatic N) is 4. The molecule has 0 saturated carbocycles. The molecule has 1 fully saturated rings. The van der Waals surface area contributed by atoms with Gasteiger partial charge in [0, 0.05) is 31.5 Å². The van der Waals surface area contributed by atoms with Gasteiger partial charge < -0.3 is 19.7 Å². The first-order valence-corrected chi connectivity index (χ1v) is 12.6. The molecule has 1 saturated heterocycles. The van der Waals surface area contributed by atoms with Crippen LogP contribution in [0.2, 0.25) is 0 Å². The minimum Gasteiger partial charge on any atom is -0.493 e. The average molecular weight is 490 g/mol. The van der Waals surface area contributed by atoms with Gasteiger partial charge in [-0.2, -0.15) is 4.98 Å². The summed E-state index contributed by atoms with van der Waals surface area (Å²) in [5.74, 6) is 2.10. The molecule has 0 radical (unpaired) electrons. The maximum Gasteiger partial charge on any atom is 0.420 e. The number of carbonyl (C=O) groups excluding carboxylic acids is 1. The Morgan fingerprint density at radius 2 is 1.81 bits per heavy atom. The van der Waals surface area contributed by atoms with Crippen LogP contribution in [0.1, 0.15) is 36.8 Å². The molecule has 0 bridgehead atoms. The Bertz CT molecular complexity index is 1140. The fourth-order valence-corrected chi connectivity index (χ4v) is 4.30. The van der Waals surface area contributed by atoms with Crippen molar-refractivity contribution < 1.29 is 14.3 Å². The Labute approximate surface area is 213 Å². The second-order valence-corrected chi connectivity index (χ2v) is 9.25.